The summed E-state index contributed by atoms with van der Waals surface area (Å²) in [5.41, 5.74) is 1.00. The number of carbonyl (C=O) groups is 2. The summed E-state index contributed by atoms with van der Waals surface area (Å²) in [6.07, 6.45) is 1.87. The van der Waals surface area contributed by atoms with E-state index < -0.39 is 0 Å². The van der Waals surface area contributed by atoms with Gasteiger partial charge in [-0.15, -0.1) is 0 Å². The summed E-state index contributed by atoms with van der Waals surface area (Å²) in [7, 11) is 1.50. The summed E-state index contributed by atoms with van der Waals surface area (Å²) in [4.78, 5) is 25.6. The van der Waals surface area contributed by atoms with Crippen molar-refractivity contribution in [1.82, 2.24) is 4.90 Å². The topological polar surface area (TPSA) is 108 Å². The summed E-state index contributed by atoms with van der Waals surface area (Å²) >= 11 is 0. The first-order valence-corrected chi connectivity index (χ1v) is 8.39. The highest BCUT2D eigenvalue weighted by Crippen LogP contribution is 2.27. The van der Waals surface area contributed by atoms with Crippen molar-refractivity contribution in [1.29, 1.82) is 5.26 Å². The van der Waals surface area contributed by atoms with Gasteiger partial charge in [0, 0.05) is 25.6 Å². The molecule has 0 aliphatic rings. The van der Waals surface area contributed by atoms with Gasteiger partial charge in [-0.05, 0) is 30.3 Å². The van der Waals surface area contributed by atoms with Gasteiger partial charge in [0.05, 0.1) is 38.2 Å². The Morgan fingerprint density at radius 1 is 1.30 bits per heavy atom. The largest absolute Gasteiger partial charge is 0.495 e. The number of ether oxygens (including phenoxy) is 1. The molecular weight excluding hydrogens is 348 g/mol. The van der Waals surface area contributed by atoms with Crippen LogP contribution in [0.2, 0.25) is 0 Å². The van der Waals surface area contributed by atoms with Gasteiger partial charge in [0.1, 0.15) is 11.5 Å². The molecule has 2 amide bonds. The predicted octanol–water partition coefficient (Wildman–Crippen LogP) is 2.60. The summed E-state index contributed by atoms with van der Waals surface area (Å²) in [5.74, 6) is 0.717. The number of methoxy groups -OCH3 is 1. The lowest BCUT2D eigenvalue weighted by atomic mass is 10.2. The van der Waals surface area contributed by atoms with Gasteiger partial charge in [-0.2, -0.15) is 5.26 Å². The van der Waals surface area contributed by atoms with Crippen molar-refractivity contribution >= 4 is 23.2 Å². The number of hydrogen-bond acceptors (Lipinski definition) is 6. The fourth-order valence-electron chi connectivity index (χ4n) is 2.52. The van der Waals surface area contributed by atoms with E-state index >= 15 is 0 Å². The molecule has 1 heterocycles. The maximum absolute atomic E-state index is 12.5. The Balaban J connectivity index is 2.07. The van der Waals surface area contributed by atoms with Crippen molar-refractivity contribution in [3.8, 4) is 11.8 Å². The van der Waals surface area contributed by atoms with E-state index in [0.29, 0.717) is 42.4 Å². The van der Waals surface area contributed by atoms with Crippen molar-refractivity contribution in [2.24, 2.45) is 0 Å². The van der Waals surface area contributed by atoms with E-state index in [-0.39, 0.29) is 18.4 Å². The van der Waals surface area contributed by atoms with Gasteiger partial charge in [0.2, 0.25) is 11.8 Å². The third kappa shape index (κ3) is 6.49. The van der Waals surface area contributed by atoms with Gasteiger partial charge in [-0.1, -0.05) is 0 Å². The Labute approximate surface area is 157 Å². The molecule has 1 aromatic carbocycles. The number of hydrogen-bond donors (Lipinski definition) is 2. The van der Waals surface area contributed by atoms with Crippen LogP contribution in [0.5, 0.6) is 5.75 Å². The van der Waals surface area contributed by atoms with E-state index in [1.54, 1.807) is 30.5 Å². The molecule has 0 saturated carbocycles. The minimum absolute atomic E-state index is 0.0793. The molecular formula is C19H22N4O4. The molecule has 8 heteroatoms. The van der Waals surface area contributed by atoms with Gasteiger partial charge >= 0.3 is 0 Å². The number of furan rings is 1. The van der Waals surface area contributed by atoms with Gasteiger partial charge in [0.25, 0.3) is 0 Å². The molecule has 0 saturated heterocycles. The van der Waals surface area contributed by atoms with E-state index in [1.807, 2.05) is 11.0 Å². The van der Waals surface area contributed by atoms with Crippen molar-refractivity contribution in [3.05, 3.63) is 42.4 Å². The second-order valence-electron chi connectivity index (χ2n) is 5.84. The van der Waals surface area contributed by atoms with Crippen molar-refractivity contribution in [3.63, 3.8) is 0 Å². The van der Waals surface area contributed by atoms with Gasteiger partial charge in [-0.25, -0.2) is 0 Å². The highest BCUT2D eigenvalue weighted by atomic mass is 16.5. The Morgan fingerprint density at radius 2 is 2.11 bits per heavy atom. The molecule has 142 valence electrons. The predicted molar refractivity (Wildman–Crippen MR) is 100 cm³/mol. The van der Waals surface area contributed by atoms with Crippen molar-refractivity contribution < 1.29 is 18.7 Å². The minimum atomic E-state index is -0.266. The first-order valence-electron chi connectivity index (χ1n) is 8.39. The molecule has 0 atom stereocenters. The fraction of sp³-hybridized carbons (Fsp3) is 0.316. The van der Waals surface area contributed by atoms with Crippen LogP contribution >= 0.6 is 0 Å². The van der Waals surface area contributed by atoms with Crippen LogP contribution in [0.15, 0.2) is 41.0 Å². The zero-order valence-corrected chi connectivity index (χ0v) is 15.3. The lowest BCUT2D eigenvalue weighted by molar-refractivity contribution is -0.117. The average Bonchev–Trinajstić information content (AvgIpc) is 3.12. The molecule has 0 bridgehead atoms. The number of anilines is 2. The summed E-state index contributed by atoms with van der Waals surface area (Å²) in [5, 5.41) is 14.3. The highest BCUT2D eigenvalue weighted by molar-refractivity contribution is 5.95. The summed E-state index contributed by atoms with van der Waals surface area (Å²) in [6, 6.07) is 10.7. The monoisotopic (exact) mass is 370 g/mol. The normalized spacial score (nSPS) is 10.3. The maximum Gasteiger partial charge on any atom is 0.238 e. The lowest BCUT2D eigenvalue weighted by Gasteiger charge is -2.20. The summed E-state index contributed by atoms with van der Waals surface area (Å²) < 4.78 is 10.6. The van der Waals surface area contributed by atoms with Crippen LogP contribution in [0.4, 0.5) is 11.4 Å². The number of rotatable bonds is 9. The molecule has 0 spiro atoms. The zero-order chi connectivity index (χ0) is 19.6. The average molecular weight is 370 g/mol. The molecule has 0 aliphatic carbocycles. The van der Waals surface area contributed by atoms with E-state index in [0.717, 1.165) is 0 Å². The molecule has 1 aromatic heterocycles. The number of amides is 2. The number of benzene rings is 1. The molecule has 2 rings (SSSR count). The Hall–Kier alpha value is -3.31. The van der Waals surface area contributed by atoms with Crippen LogP contribution in [0.1, 0.15) is 19.1 Å². The van der Waals surface area contributed by atoms with Crippen LogP contribution in [-0.4, -0.2) is 36.9 Å². The first kappa shape index (κ1) is 20.0. The standard InChI is InChI=1S/C19H22N4O4/c1-14(24)21-15-6-7-18(26-2)17(11-15)22-19(25)13-23(9-4-8-20)12-16-5-3-10-27-16/h3,5-7,10-11H,4,9,12-13H2,1-2H3,(H,21,24)(H,22,25). The van der Waals surface area contributed by atoms with Crippen molar-refractivity contribution in [2.75, 3.05) is 30.8 Å². The van der Waals surface area contributed by atoms with E-state index in [4.69, 9.17) is 14.4 Å². The maximum atomic E-state index is 12.5. The molecule has 27 heavy (non-hydrogen) atoms. The lowest BCUT2D eigenvalue weighted by Crippen LogP contribution is -2.33. The molecule has 0 aliphatic heterocycles. The second-order valence-corrected chi connectivity index (χ2v) is 5.84. The SMILES string of the molecule is COc1ccc(NC(C)=O)cc1NC(=O)CN(CCC#N)Cc1ccco1. The third-order valence-corrected chi connectivity index (χ3v) is 3.66. The van der Waals surface area contributed by atoms with Crippen LogP contribution in [0, 0.1) is 11.3 Å². The number of nitrogens with one attached hydrogen (secondary N) is 2. The minimum Gasteiger partial charge on any atom is -0.495 e. The molecule has 2 N–H and O–H groups in total. The van der Waals surface area contributed by atoms with E-state index in [1.165, 1.54) is 14.0 Å². The van der Waals surface area contributed by atoms with Gasteiger partial charge < -0.3 is 19.8 Å². The smallest absolute Gasteiger partial charge is 0.238 e. The highest BCUT2D eigenvalue weighted by Gasteiger charge is 2.15. The third-order valence-electron chi connectivity index (χ3n) is 3.66. The van der Waals surface area contributed by atoms with Crippen molar-refractivity contribution in [2.45, 2.75) is 19.9 Å². The van der Waals surface area contributed by atoms with E-state index in [9.17, 15) is 9.59 Å². The Morgan fingerprint density at radius 3 is 2.74 bits per heavy atom. The molecule has 0 fully saturated rings. The van der Waals surface area contributed by atoms with Crippen LogP contribution in [0.25, 0.3) is 0 Å². The molecule has 8 nitrogen and oxygen atoms in total. The van der Waals surface area contributed by atoms with Crippen LogP contribution in [-0.2, 0) is 16.1 Å². The fourth-order valence-corrected chi connectivity index (χ4v) is 2.52. The number of carbonyl (C=O) groups excluding carboxylic acids is 2. The zero-order valence-electron chi connectivity index (χ0n) is 15.3. The second kappa shape index (κ2) is 9.99. The van der Waals surface area contributed by atoms with E-state index in [2.05, 4.69) is 16.7 Å². The number of nitriles is 1. The molecule has 0 radical (unpaired) electrons. The van der Waals surface area contributed by atoms with Crippen LogP contribution < -0.4 is 15.4 Å². The Kier molecular flexibility index (Phi) is 7.40. The summed E-state index contributed by atoms with van der Waals surface area (Å²) in [6.45, 7) is 2.35. The molecule has 0 unspecified atom stereocenters. The van der Waals surface area contributed by atoms with Crippen LogP contribution in [0.3, 0.4) is 0 Å². The van der Waals surface area contributed by atoms with Gasteiger partial charge in [0.15, 0.2) is 0 Å². The van der Waals surface area contributed by atoms with Gasteiger partial charge in [-0.3, -0.25) is 14.5 Å². The first-order chi connectivity index (χ1) is 13.0. The quantitative estimate of drug-likeness (QED) is 0.702. The molecule has 2 aromatic rings. The number of nitrogens with zero attached hydrogens (tertiary/aromatic N) is 2. The Bertz CT molecular complexity index is 812.